The molecule has 9 atom stereocenters. The van der Waals surface area contributed by atoms with Crippen molar-refractivity contribution in [3.63, 3.8) is 0 Å². The van der Waals surface area contributed by atoms with E-state index >= 15 is 0 Å². The average molecular weight is 360 g/mol. The third-order valence-electron chi connectivity index (χ3n) is 6.06. The van der Waals surface area contributed by atoms with Crippen LogP contribution in [0, 0.1) is 41.4 Å². The van der Waals surface area contributed by atoms with Gasteiger partial charge in [-0.1, -0.05) is 6.92 Å². The number of aliphatic hydroxyl groups excluding tert-OH is 3. The molecule has 0 aromatic heterocycles. The number of hydrogen-bond acceptors (Lipinski definition) is 6. The zero-order valence-electron chi connectivity index (χ0n) is 13.7. The maximum Gasteiger partial charge on any atom is 0.309 e. The summed E-state index contributed by atoms with van der Waals surface area (Å²) in [4.78, 5) is 34.8. The third-order valence-corrected chi connectivity index (χ3v) is 6.06. The van der Waals surface area contributed by atoms with Gasteiger partial charge in [0.2, 0.25) is 0 Å². The van der Waals surface area contributed by atoms with Crippen molar-refractivity contribution in [1.82, 2.24) is 0 Å². The molecule has 25 heavy (non-hydrogen) atoms. The monoisotopic (exact) mass is 360 g/mol. The minimum absolute atomic E-state index is 0.101. The first-order chi connectivity index (χ1) is 11.6. The summed E-state index contributed by atoms with van der Waals surface area (Å²) in [7, 11) is 0. The Hall–Kier alpha value is -1.71. The van der Waals surface area contributed by atoms with Gasteiger partial charge >= 0.3 is 17.9 Å². The Morgan fingerprint density at radius 2 is 1.60 bits per heavy atom. The van der Waals surface area contributed by atoms with Crippen molar-refractivity contribution in [3.8, 4) is 0 Å². The second kappa shape index (κ2) is 7.27. The minimum atomic E-state index is -1.39. The largest absolute Gasteiger partial charge is 0.481 e. The van der Waals surface area contributed by atoms with Crippen LogP contribution < -0.4 is 0 Å². The number of aliphatic carboxylic acids is 3. The molecule has 9 nitrogen and oxygen atoms in total. The molecule has 2 aliphatic rings. The Labute approximate surface area is 143 Å². The minimum Gasteiger partial charge on any atom is -0.481 e. The number of aliphatic hydroxyl groups is 3. The van der Waals surface area contributed by atoms with Gasteiger partial charge in [0.05, 0.1) is 30.0 Å². The number of carboxylic acid groups (broad SMARTS) is 3. The molecule has 142 valence electrons. The molecule has 2 aliphatic carbocycles. The smallest absolute Gasteiger partial charge is 0.309 e. The molecule has 2 saturated carbocycles. The van der Waals surface area contributed by atoms with E-state index in [0.29, 0.717) is 0 Å². The summed E-state index contributed by atoms with van der Waals surface area (Å²) >= 11 is 0. The fraction of sp³-hybridized carbons (Fsp3) is 0.812. The van der Waals surface area contributed by atoms with Crippen LogP contribution in [0.1, 0.15) is 19.8 Å². The SMILES string of the molecule is CC(C(=O)O)C1C(CO)C(O)CC2C(C(=O)O)C(O)CC(C(=O)O)C21. The first kappa shape index (κ1) is 19.6. The van der Waals surface area contributed by atoms with Crippen LogP contribution in [-0.4, -0.2) is 67.4 Å². The molecular weight excluding hydrogens is 336 g/mol. The van der Waals surface area contributed by atoms with Crippen LogP contribution in [0.5, 0.6) is 0 Å². The second-order valence-corrected chi connectivity index (χ2v) is 7.21. The molecule has 0 aromatic carbocycles. The van der Waals surface area contributed by atoms with E-state index in [1.54, 1.807) is 0 Å². The van der Waals surface area contributed by atoms with Crippen molar-refractivity contribution in [2.24, 2.45) is 41.4 Å². The van der Waals surface area contributed by atoms with E-state index in [1.165, 1.54) is 6.92 Å². The molecule has 6 N–H and O–H groups in total. The molecular formula is C16H24O9. The van der Waals surface area contributed by atoms with Crippen molar-refractivity contribution >= 4 is 17.9 Å². The van der Waals surface area contributed by atoms with E-state index in [1.807, 2.05) is 0 Å². The maximum absolute atomic E-state index is 11.7. The number of rotatable bonds is 5. The highest BCUT2D eigenvalue weighted by Gasteiger charge is 2.59. The predicted molar refractivity (Wildman–Crippen MR) is 81.3 cm³/mol. The highest BCUT2D eigenvalue weighted by atomic mass is 16.4. The van der Waals surface area contributed by atoms with Gasteiger partial charge in [0.1, 0.15) is 0 Å². The Morgan fingerprint density at radius 1 is 1.00 bits per heavy atom. The number of carboxylic acids is 3. The van der Waals surface area contributed by atoms with Crippen LogP contribution in [0.2, 0.25) is 0 Å². The third kappa shape index (κ3) is 3.36. The summed E-state index contributed by atoms with van der Waals surface area (Å²) in [5.74, 6) is -10.8. The normalized spacial score (nSPS) is 42.2. The van der Waals surface area contributed by atoms with Gasteiger partial charge in [-0.15, -0.1) is 0 Å². The zero-order chi connectivity index (χ0) is 19.0. The highest BCUT2D eigenvalue weighted by molar-refractivity contribution is 5.75. The van der Waals surface area contributed by atoms with Crippen molar-refractivity contribution in [3.05, 3.63) is 0 Å². The van der Waals surface area contributed by atoms with Gasteiger partial charge in [0.25, 0.3) is 0 Å². The van der Waals surface area contributed by atoms with Crippen LogP contribution in [0.15, 0.2) is 0 Å². The lowest BCUT2D eigenvalue weighted by Crippen LogP contribution is -2.59. The number of carbonyl (C=O) groups is 3. The van der Waals surface area contributed by atoms with E-state index in [-0.39, 0.29) is 12.8 Å². The Balaban J connectivity index is 2.55. The van der Waals surface area contributed by atoms with Crippen molar-refractivity contribution in [2.45, 2.75) is 32.0 Å². The molecule has 0 radical (unpaired) electrons. The number of fused-ring (bicyclic) bond motifs is 1. The van der Waals surface area contributed by atoms with Crippen LogP contribution in [0.25, 0.3) is 0 Å². The predicted octanol–water partition coefficient (Wildman–Crippen LogP) is -0.905. The Morgan fingerprint density at radius 3 is 2.04 bits per heavy atom. The lowest BCUT2D eigenvalue weighted by atomic mass is 9.51. The summed E-state index contributed by atoms with van der Waals surface area (Å²) in [5.41, 5.74) is 0. The summed E-state index contributed by atoms with van der Waals surface area (Å²) in [6.45, 7) is 0.837. The standard InChI is InChI=1S/C16H24O9/c1-5(14(20)21)11-8(4-17)9(18)2-6-12(11)7(15(22)23)3-10(19)13(6)16(24)25/h5-13,17-19H,2-4H2,1H3,(H,20,21)(H,22,23)(H,24,25). The molecule has 0 heterocycles. The van der Waals surface area contributed by atoms with Crippen LogP contribution in [-0.2, 0) is 14.4 Å². The van der Waals surface area contributed by atoms with E-state index in [2.05, 4.69) is 0 Å². The van der Waals surface area contributed by atoms with Crippen molar-refractivity contribution < 1.29 is 45.0 Å². The molecule has 9 heteroatoms. The summed E-state index contributed by atoms with van der Waals surface area (Å²) in [6.07, 6.45) is -2.96. The van der Waals surface area contributed by atoms with Gasteiger partial charge in [0, 0.05) is 12.5 Å². The van der Waals surface area contributed by atoms with Crippen LogP contribution in [0.3, 0.4) is 0 Å². The Bertz CT molecular complexity index is 548. The summed E-state index contributed by atoms with van der Waals surface area (Å²) in [6, 6.07) is 0. The van der Waals surface area contributed by atoms with Crippen molar-refractivity contribution in [1.29, 1.82) is 0 Å². The van der Waals surface area contributed by atoms with Gasteiger partial charge in [0.15, 0.2) is 0 Å². The first-order valence-corrected chi connectivity index (χ1v) is 8.27. The summed E-state index contributed by atoms with van der Waals surface area (Å²) < 4.78 is 0. The first-order valence-electron chi connectivity index (χ1n) is 8.27. The average Bonchev–Trinajstić information content (AvgIpc) is 2.51. The van der Waals surface area contributed by atoms with Gasteiger partial charge < -0.3 is 30.6 Å². The molecule has 9 unspecified atom stereocenters. The highest BCUT2D eigenvalue weighted by Crippen LogP contribution is 2.53. The van der Waals surface area contributed by atoms with E-state index in [0.717, 1.165) is 0 Å². The Kier molecular flexibility index (Phi) is 5.70. The van der Waals surface area contributed by atoms with E-state index in [4.69, 9.17) is 0 Å². The number of hydrogen-bond donors (Lipinski definition) is 6. The van der Waals surface area contributed by atoms with Crippen LogP contribution >= 0.6 is 0 Å². The van der Waals surface area contributed by atoms with Gasteiger partial charge in [-0.05, 0) is 30.6 Å². The lowest BCUT2D eigenvalue weighted by Gasteiger charge is -2.53. The molecule has 2 rings (SSSR count). The quantitative estimate of drug-likeness (QED) is 0.363. The van der Waals surface area contributed by atoms with Gasteiger partial charge in [-0.3, -0.25) is 14.4 Å². The fourth-order valence-corrected chi connectivity index (χ4v) is 4.97. The molecule has 0 aromatic rings. The molecule has 2 fully saturated rings. The van der Waals surface area contributed by atoms with E-state index < -0.39 is 78.1 Å². The molecule has 0 aliphatic heterocycles. The lowest BCUT2D eigenvalue weighted by molar-refractivity contribution is -0.186. The molecule has 0 spiro atoms. The topological polar surface area (TPSA) is 173 Å². The zero-order valence-corrected chi connectivity index (χ0v) is 13.7. The van der Waals surface area contributed by atoms with Crippen LogP contribution in [0.4, 0.5) is 0 Å². The summed E-state index contributed by atoms with van der Waals surface area (Å²) in [5, 5.41) is 58.5. The fourth-order valence-electron chi connectivity index (χ4n) is 4.97. The molecule has 0 saturated heterocycles. The maximum atomic E-state index is 11.7. The van der Waals surface area contributed by atoms with Crippen molar-refractivity contribution in [2.75, 3.05) is 6.61 Å². The molecule has 0 amide bonds. The van der Waals surface area contributed by atoms with Gasteiger partial charge in [-0.25, -0.2) is 0 Å². The molecule has 0 bridgehead atoms. The van der Waals surface area contributed by atoms with E-state index in [9.17, 15) is 45.0 Å². The van der Waals surface area contributed by atoms with Gasteiger partial charge in [-0.2, -0.15) is 0 Å². The second-order valence-electron chi connectivity index (χ2n) is 7.21.